The third kappa shape index (κ3) is 6.45. The van der Waals surface area contributed by atoms with E-state index in [0.717, 1.165) is 16.8 Å². The standard InChI is InChI=1S/C57H56BN3S2/c1-54(2,3)36-18-20-43-47(29-36)62-49-31-38(56(7,8)9)27-40-52(49)60(43)45-25-35(34-22-23-59-42(24-34)33-16-14-13-15-17-33)26-46-51(45)58(40)41-28-39(57(10,11)12)32-50-53(41)61(46)44-21-19-37(55(4,5)6)30-48(44)63-50/h13-32H,1-12H3. The largest absolute Gasteiger partial charge is 0.309 e. The maximum absolute atomic E-state index is 4.90. The molecule has 0 amide bonds. The van der Waals surface area contributed by atoms with Gasteiger partial charge in [-0.3, -0.25) is 4.98 Å². The summed E-state index contributed by atoms with van der Waals surface area (Å²) >= 11 is 3.91. The van der Waals surface area contributed by atoms with Crippen molar-refractivity contribution in [3.8, 4) is 22.4 Å². The Hall–Kier alpha value is -5.17. The maximum atomic E-state index is 4.90. The molecular formula is C57H56BN3S2. The molecule has 0 spiro atoms. The summed E-state index contributed by atoms with van der Waals surface area (Å²) in [7, 11) is 0. The minimum absolute atomic E-state index is 0.0247. The van der Waals surface area contributed by atoms with Gasteiger partial charge in [0.15, 0.2) is 0 Å². The van der Waals surface area contributed by atoms with Crippen molar-refractivity contribution in [2.75, 3.05) is 9.80 Å². The van der Waals surface area contributed by atoms with Crippen LogP contribution >= 0.6 is 23.5 Å². The number of anilines is 6. The zero-order valence-electron chi connectivity index (χ0n) is 38.8. The van der Waals surface area contributed by atoms with Gasteiger partial charge in [0.25, 0.3) is 6.71 Å². The van der Waals surface area contributed by atoms with Crippen molar-refractivity contribution in [1.82, 2.24) is 4.98 Å². The summed E-state index contributed by atoms with van der Waals surface area (Å²) in [5.74, 6) is 0. The second kappa shape index (κ2) is 13.7. The zero-order chi connectivity index (χ0) is 44.1. The van der Waals surface area contributed by atoms with E-state index < -0.39 is 0 Å². The first-order valence-electron chi connectivity index (χ1n) is 22.6. The number of fused-ring (bicyclic) bond motifs is 8. The van der Waals surface area contributed by atoms with E-state index in [0.29, 0.717) is 0 Å². The smallest absolute Gasteiger partial charge is 0.252 e. The summed E-state index contributed by atoms with van der Waals surface area (Å²) in [6.07, 6.45) is 1.98. The van der Waals surface area contributed by atoms with Crippen LogP contribution in [0.5, 0.6) is 0 Å². The third-order valence-electron chi connectivity index (χ3n) is 13.7. The molecule has 0 fully saturated rings. The van der Waals surface area contributed by atoms with Crippen LogP contribution in [0, 0.1) is 0 Å². The van der Waals surface area contributed by atoms with Crippen LogP contribution in [0.15, 0.2) is 141 Å². The van der Waals surface area contributed by atoms with Gasteiger partial charge in [-0.2, -0.15) is 0 Å². The van der Waals surface area contributed by atoms with Gasteiger partial charge >= 0.3 is 0 Å². The third-order valence-corrected chi connectivity index (χ3v) is 15.8. The number of hydrogen-bond acceptors (Lipinski definition) is 5. The molecule has 11 rings (SSSR count). The fourth-order valence-electron chi connectivity index (χ4n) is 9.98. The van der Waals surface area contributed by atoms with E-state index in [-0.39, 0.29) is 28.4 Å². The predicted molar refractivity (Wildman–Crippen MR) is 272 cm³/mol. The Bertz CT molecular complexity index is 2910. The first-order chi connectivity index (χ1) is 29.7. The van der Waals surface area contributed by atoms with E-state index in [1.54, 1.807) is 0 Å². The number of benzene rings is 6. The highest BCUT2D eigenvalue weighted by Crippen LogP contribution is 2.59. The van der Waals surface area contributed by atoms with Crippen LogP contribution in [0.3, 0.4) is 0 Å². The molecule has 4 aliphatic heterocycles. The topological polar surface area (TPSA) is 19.4 Å². The number of aromatic nitrogens is 1. The van der Waals surface area contributed by atoms with E-state index in [9.17, 15) is 0 Å². The second-order valence-electron chi connectivity index (χ2n) is 22.2. The molecule has 0 saturated carbocycles. The monoisotopic (exact) mass is 857 g/mol. The van der Waals surface area contributed by atoms with E-state index in [1.807, 2.05) is 29.7 Å². The molecule has 6 aromatic carbocycles. The van der Waals surface area contributed by atoms with Crippen LogP contribution in [0.4, 0.5) is 34.1 Å². The second-order valence-corrected chi connectivity index (χ2v) is 24.4. The molecule has 0 bridgehead atoms. The number of hydrogen-bond donors (Lipinski definition) is 0. The Morgan fingerprint density at radius 2 is 0.873 bits per heavy atom. The molecule has 314 valence electrons. The van der Waals surface area contributed by atoms with Crippen LogP contribution in [0.25, 0.3) is 22.4 Å². The number of pyridine rings is 1. The summed E-state index contributed by atoms with van der Waals surface area (Å²) in [6.45, 7) is 28.2. The molecule has 63 heavy (non-hydrogen) atoms. The summed E-state index contributed by atoms with van der Waals surface area (Å²) < 4.78 is 0. The van der Waals surface area contributed by atoms with Crippen LogP contribution in [0.1, 0.15) is 105 Å². The van der Waals surface area contributed by atoms with Crippen molar-refractivity contribution < 1.29 is 0 Å². The van der Waals surface area contributed by atoms with Gasteiger partial charge in [0.05, 0.1) is 28.4 Å². The molecule has 0 atom stereocenters. The van der Waals surface area contributed by atoms with Gasteiger partial charge in [0.2, 0.25) is 0 Å². The maximum Gasteiger partial charge on any atom is 0.252 e. The van der Waals surface area contributed by atoms with Crippen LogP contribution in [-0.4, -0.2) is 11.7 Å². The van der Waals surface area contributed by atoms with Gasteiger partial charge in [-0.25, -0.2) is 0 Å². The lowest BCUT2D eigenvalue weighted by Crippen LogP contribution is -2.62. The number of nitrogens with zero attached hydrogens (tertiary/aromatic N) is 3. The molecule has 0 saturated heterocycles. The summed E-state index contributed by atoms with van der Waals surface area (Å²) in [5.41, 5.74) is 21.7. The average molecular weight is 858 g/mol. The molecule has 4 aliphatic rings. The molecule has 3 nitrogen and oxygen atoms in total. The van der Waals surface area contributed by atoms with Crippen LogP contribution in [-0.2, 0) is 21.7 Å². The highest BCUT2D eigenvalue weighted by molar-refractivity contribution is 8.00. The van der Waals surface area contributed by atoms with E-state index in [1.165, 1.54) is 97.9 Å². The molecule has 7 aromatic rings. The quantitative estimate of drug-likeness (QED) is 0.161. The Balaban J connectivity index is 1.27. The lowest BCUT2D eigenvalue weighted by Gasteiger charge is -2.48. The van der Waals surface area contributed by atoms with Crippen molar-refractivity contribution in [3.05, 3.63) is 144 Å². The lowest BCUT2D eigenvalue weighted by molar-refractivity contribution is 0.588. The highest BCUT2D eigenvalue weighted by atomic mass is 32.2. The van der Waals surface area contributed by atoms with Gasteiger partial charge in [0, 0.05) is 42.7 Å². The Labute approximate surface area is 383 Å². The molecule has 0 aliphatic carbocycles. The van der Waals surface area contributed by atoms with Gasteiger partial charge in [-0.15, -0.1) is 0 Å². The molecular weight excluding hydrogens is 802 g/mol. The van der Waals surface area contributed by atoms with Crippen molar-refractivity contribution >= 4 is 80.7 Å². The molecule has 5 heterocycles. The Morgan fingerprint density at radius 1 is 0.413 bits per heavy atom. The van der Waals surface area contributed by atoms with E-state index in [2.05, 4.69) is 208 Å². The zero-order valence-corrected chi connectivity index (χ0v) is 40.4. The van der Waals surface area contributed by atoms with E-state index in [4.69, 9.17) is 4.98 Å². The van der Waals surface area contributed by atoms with Crippen molar-refractivity contribution in [2.24, 2.45) is 0 Å². The fraction of sp³-hybridized carbons (Fsp3) is 0.281. The summed E-state index contributed by atoms with van der Waals surface area (Å²) in [5, 5.41) is 0. The Kier molecular flexibility index (Phi) is 8.81. The predicted octanol–water partition coefficient (Wildman–Crippen LogP) is 14.6. The van der Waals surface area contributed by atoms with Crippen molar-refractivity contribution in [2.45, 2.75) is 124 Å². The normalized spacial score (nSPS) is 14.8. The molecule has 0 N–H and O–H groups in total. The molecule has 1 aromatic heterocycles. The van der Waals surface area contributed by atoms with Gasteiger partial charge in [-0.05, 0) is 132 Å². The minimum Gasteiger partial charge on any atom is -0.309 e. The molecule has 0 radical (unpaired) electrons. The van der Waals surface area contributed by atoms with E-state index >= 15 is 0 Å². The van der Waals surface area contributed by atoms with Crippen LogP contribution in [0.2, 0.25) is 0 Å². The minimum atomic E-state index is -0.0395. The lowest BCUT2D eigenvalue weighted by atomic mass is 9.33. The average Bonchev–Trinajstić information content (AvgIpc) is 3.23. The van der Waals surface area contributed by atoms with Crippen molar-refractivity contribution in [1.29, 1.82) is 0 Å². The molecule has 0 unspecified atom stereocenters. The van der Waals surface area contributed by atoms with Gasteiger partial charge in [-0.1, -0.05) is 161 Å². The van der Waals surface area contributed by atoms with Gasteiger partial charge in [0.1, 0.15) is 0 Å². The summed E-state index contributed by atoms with van der Waals surface area (Å²) in [6, 6.07) is 44.7. The van der Waals surface area contributed by atoms with Crippen LogP contribution < -0.4 is 26.2 Å². The summed E-state index contributed by atoms with van der Waals surface area (Å²) in [4.78, 5) is 15.5. The molecule has 6 heteroatoms. The first kappa shape index (κ1) is 40.6. The van der Waals surface area contributed by atoms with Gasteiger partial charge < -0.3 is 9.80 Å². The fourth-order valence-corrected chi connectivity index (χ4v) is 12.3. The first-order valence-corrected chi connectivity index (χ1v) is 24.2. The van der Waals surface area contributed by atoms with Crippen molar-refractivity contribution in [3.63, 3.8) is 0 Å². The Morgan fingerprint density at radius 3 is 1.33 bits per heavy atom. The SMILES string of the molecule is CC(C)(C)c1ccc2c(c1)Sc1cc(C(C)(C)C)cc3c1N2c1cc(-c2ccnc(-c4ccccc4)c2)cc2c1B3c1cc(C(C)(C)C)cc3c1N2c1ccc(C(C)(C)C)cc1S3. The highest BCUT2D eigenvalue weighted by Gasteiger charge is 2.49. The number of rotatable bonds is 2.